The third-order valence-electron chi connectivity index (χ3n) is 3.89. The highest BCUT2D eigenvalue weighted by molar-refractivity contribution is 7.15. The largest absolute Gasteiger partial charge is 0.462 e. The standard InChI is InChI=1S/C20H25NO3S/c1-4-6-7-8-17(22)21-19-18(20(23)24-5-2)16(13-25-19)15-11-9-14(3)10-12-15/h9-13H,4-8H2,1-3H3,(H,21,22). The van der Waals surface area contributed by atoms with Crippen molar-refractivity contribution in [3.63, 3.8) is 0 Å². The van der Waals surface area contributed by atoms with Gasteiger partial charge in [-0.2, -0.15) is 0 Å². The number of benzene rings is 1. The van der Waals surface area contributed by atoms with Crippen LogP contribution in [0.4, 0.5) is 5.00 Å². The predicted molar refractivity (Wildman–Crippen MR) is 103 cm³/mol. The second-order valence-corrected chi connectivity index (χ2v) is 6.82. The molecule has 0 aliphatic carbocycles. The van der Waals surface area contributed by atoms with Gasteiger partial charge >= 0.3 is 5.97 Å². The first kappa shape index (κ1) is 19.2. The number of amides is 1. The zero-order valence-corrected chi connectivity index (χ0v) is 15.9. The number of ether oxygens (including phenoxy) is 1. The van der Waals surface area contributed by atoms with Gasteiger partial charge in [0.1, 0.15) is 10.6 Å². The fourth-order valence-electron chi connectivity index (χ4n) is 2.53. The smallest absolute Gasteiger partial charge is 0.341 e. The molecule has 1 N–H and O–H groups in total. The molecule has 0 saturated carbocycles. The number of hydrogen-bond donors (Lipinski definition) is 1. The Balaban J connectivity index is 2.29. The summed E-state index contributed by atoms with van der Waals surface area (Å²) < 4.78 is 5.21. The topological polar surface area (TPSA) is 55.4 Å². The summed E-state index contributed by atoms with van der Waals surface area (Å²) in [5, 5.41) is 5.36. The highest BCUT2D eigenvalue weighted by atomic mass is 32.1. The normalized spacial score (nSPS) is 10.5. The Morgan fingerprint density at radius 2 is 1.84 bits per heavy atom. The van der Waals surface area contributed by atoms with Crippen molar-refractivity contribution in [1.82, 2.24) is 0 Å². The molecule has 0 unspecified atom stereocenters. The maximum atomic E-state index is 12.5. The van der Waals surface area contributed by atoms with Crippen molar-refractivity contribution in [2.45, 2.75) is 46.5 Å². The minimum atomic E-state index is -0.400. The summed E-state index contributed by atoms with van der Waals surface area (Å²) in [6.07, 6.45) is 3.41. The molecule has 1 aromatic heterocycles. The number of unbranched alkanes of at least 4 members (excludes halogenated alkanes) is 2. The number of esters is 1. The van der Waals surface area contributed by atoms with E-state index < -0.39 is 5.97 Å². The lowest BCUT2D eigenvalue weighted by atomic mass is 10.0. The van der Waals surface area contributed by atoms with Gasteiger partial charge in [-0.25, -0.2) is 4.79 Å². The number of thiophene rings is 1. The molecule has 134 valence electrons. The van der Waals surface area contributed by atoms with Crippen molar-refractivity contribution in [3.05, 3.63) is 40.8 Å². The van der Waals surface area contributed by atoms with Gasteiger partial charge in [0, 0.05) is 17.4 Å². The summed E-state index contributed by atoms with van der Waals surface area (Å²) in [4.78, 5) is 24.6. The van der Waals surface area contributed by atoms with E-state index in [1.807, 2.05) is 36.6 Å². The third kappa shape index (κ3) is 5.16. The van der Waals surface area contributed by atoms with Gasteiger partial charge in [-0.3, -0.25) is 4.79 Å². The Bertz CT molecular complexity index is 719. The van der Waals surface area contributed by atoms with E-state index in [-0.39, 0.29) is 5.91 Å². The number of anilines is 1. The molecule has 0 atom stereocenters. The van der Waals surface area contributed by atoms with Crippen molar-refractivity contribution < 1.29 is 14.3 Å². The van der Waals surface area contributed by atoms with Crippen molar-refractivity contribution in [1.29, 1.82) is 0 Å². The van der Waals surface area contributed by atoms with Gasteiger partial charge in [0.2, 0.25) is 5.91 Å². The SMILES string of the molecule is CCCCCC(=O)Nc1scc(-c2ccc(C)cc2)c1C(=O)OCC. The maximum absolute atomic E-state index is 12.5. The van der Waals surface area contributed by atoms with E-state index >= 15 is 0 Å². The van der Waals surface area contributed by atoms with Gasteiger partial charge in [-0.15, -0.1) is 11.3 Å². The zero-order valence-electron chi connectivity index (χ0n) is 15.1. The van der Waals surface area contributed by atoms with E-state index in [1.54, 1.807) is 6.92 Å². The molecule has 1 aromatic carbocycles. The number of aryl methyl sites for hydroxylation is 1. The van der Waals surface area contributed by atoms with E-state index in [0.29, 0.717) is 23.6 Å². The lowest BCUT2D eigenvalue weighted by Crippen LogP contribution is -2.14. The van der Waals surface area contributed by atoms with Crippen LogP contribution >= 0.6 is 11.3 Å². The molecule has 1 heterocycles. The van der Waals surface area contributed by atoms with Gasteiger partial charge in [0.25, 0.3) is 0 Å². The number of carbonyl (C=O) groups excluding carboxylic acids is 2. The third-order valence-corrected chi connectivity index (χ3v) is 4.79. The molecule has 0 spiro atoms. The van der Waals surface area contributed by atoms with Gasteiger partial charge in [0.15, 0.2) is 0 Å². The van der Waals surface area contributed by atoms with Crippen molar-refractivity contribution in [3.8, 4) is 11.1 Å². The Hall–Kier alpha value is -2.14. The Labute approximate surface area is 153 Å². The number of rotatable bonds is 8. The average molecular weight is 359 g/mol. The summed E-state index contributed by atoms with van der Waals surface area (Å²) >= 11 is 1.36. The van der Waals surface area contributed by atoms with Crippen molar-refractivity contribution >= 4 is 28.2 Å². The van der Waals surface area contributed by atoms with E-state index in [0.717, 1.165) is 36.0 Å². The van der Waals surface area contributed by atoms with E-state index in [9.17, 15) is 9.59 Å². The lowest BCUT2D eigenvalue weighted by molar-refractivity contribution is -0.116. The molecule has 1 amide bonds. The van der Waals surface area contributed by atoms with E-state index in [1.165, 1.54) is 11.3 Å². The molecule has 0 radical (unpaired) electrons. The molecular weight excluding hydrogens is 334 g/mol. The summed E-state index contributed by atoms with van der Waals surface area (Å²) in [6.45, 7) is 6.19. The molecule has 2 aromatic rings. The quantitative estimate of drug-likeness (QED) is 0.506. The molecule has 4 nitrogen and oxygen atoms in total. The van der Waals surface area contributed by atoms with Crippen LogP contribution in [0.1, 0.15) is 55.5 Å². The monoisotopic (exact) mass is 359 g/mol. The molecule has 0 aliphatic heterocycles. The van der Waals surface area contributed by atoms with Crippen LogP contribution in [0.5, 0.6) is 0 Å². The van der Waals surface area contributed by atoms with Gasteiger partial charge < -0.3 is 10.1 Å². The van der Waals surface area contributed by atoms with Crippen molar-refractivity contribution in [2.24, 2.45) is 0 Å². The molecule has 0 fully saturated rings. The Kier molecular flexibility index (Phi) is 7.19. The first-order valence-corrected chi connectivity index (χ1v) is 9.60. The van der Waals surface area contributed by atoms with Gasteiger partial charge in [0.05, 0.1) is 6.61 Å². The Morgan fingerprint density at radius 1 is 1.12 bits per heavy atom. The predicted octanol–water partition coefficient (Wildman–Crippen LogP) is 5.42. The van der Waals surface area contributed by atoms with E-state index in [4.69, 9.17) is 4.74 Å². The van der Waals surface area contributed by atoms with Crippen LogP contribution in [0, 0.1) is 6.92 Å². The maximum Gasteiger partial charge on any atom is 0.341 e. The molecule has 25 heavy (non-hydrogen) atoms. The van der Waals surface area contributed by atoms with Crippen LogP contribution in [0.25, 0.3) is 11.1 Å². The summed E-state index contributed by atoms with van der Waals surface area (Å²) in [5.41, 5.74) is 3.34. The average Bonchev–Trinajstić information content (AvgIpc) is 2.99. The zero-order chi connectivity index (χ0) is 18.2. The Morgan fingerprint density at radius 3 is 2.48 bits per heavy atom. The van der Waals surface area contributed by atoms with E-state index in [2.05, 4.69) is 12.2 Å². The number of carbonyl (C=O) groups is 2. The fraction of sp³-hybridized carbons (Fsp3) is 0.400. The fourth-order valence-corrected chi connectivity index (χ4v) is 3.50. The van der Waals surface area contributed by atoms with Gasteiger partial charge in [-0.05, 0) is 25.8 Å². The van der Waals surface area contributed by atoms with Crippen LogP contribution in [0.3, 0.4) is 0 Å². The molecule has 0 bridgehead atoms. The van der Waals surface area contributed by atoms with Crippen LogP contribution < -0.4 is 5.32 Å². The van der Waals surface area contributed by atoms with Gasteiger partial charge in [-0.1, -0.05) is 49.6 Å². The number of hydrogen-bond acceptors (Lipinski definition) is 4. The first-order valence-electron chi connectivity index (χ1n) is 8.72. The minimum Gasteiger partial charge on any atom is -0.462 e. The highest BCUT2D eigenvalue weighted by Crippen LogP contribution is 2.36. The van der Waals surface area contributed by atoms with Crippen LogP contribution in [0.2, 0.25) is 0 Å². The van der Waals surface area contributed by atoms with Crippen LogP contribution in [0.15, 0.2) is 29.6 Å². The highest BCUT2D eigenvalue weighted by Gasteiger charge is 2.22. The summed E-state index contributed by atoms with van der Waals surface area (Å²) in [6, 6.07) is 7.97. The first-order chi connectivity index (χ1) is 12.1. The molecule has 0 aliphatic rings. The number of nitrogens with one attached hydrogen (secondary N) is 1. The lowest BCUT2D eigenvalue weighted by Gasteiger charge is -2.09. The minimum absolute atomic E-state index is 0.0590. The molecule has 0 saturated heterocycles. The van der Waals surface area contributed by atoms with Crippen LogP contribution in [-0.4, -0.2) is 18.5 Å². The second kappa shape index (κ2) is 9.37. The summed E-state index contributed by atoms with van der Waals surface area (Å²) in [7, 11) is 0. The molecule has 5 heteroatoms. The van der Waals surface area contributed by atoms with Crippen molar-refractivity contribution in [2.75, 3.05) is 11.9 Å². The molecular formula is C20H25NO3S. The van der Waals surface area contributed by atoms with Crippen LogP contribution in [-0.2, 0) is 9.53 Å². The second-order valence-electron chi connectivity index (χ2n) is 5.95. The molecule has 2 rings (SSSR count). The summed E-state index contributed by atoms with van der Waals surface area (Å²) in [5.74, 6) is -0.459.